The maximum absolute atomic E-state index is 12.3. The highest BCUT2D eigenvalue weighted by atomic mass is 32.2. The molecule has 2 aromatic rings. The molecule has 1 heterocycles. The van der Waals surface area contributed by atoms with E-state index in [1.165, 1.54) is 12.1 Å². The average Bonchev–Trinajstić information content (AvgIpc) is 2.91. The molecule has 1 aromatic heterocycles. The molecule has 6 nitrogen and oxygen atoms in total. The summed E-state index contributed by atoms with van der Waals surface area (Å²) in [6.45, 7) is 2.22. The van der Waals surface area contributed by atoms with Gasteiger partial charge in [-0.05, 0) is 25.1 Å². The quantitative estimate of drug-likeness (QED) is 0.770. The minimum absolute atomic E-state index is 0.139. The third-order valence-corrected chi connectivity index (χ3v) is 4.63. The topological polar surface area (TPSA) is 90.0 Å². The standard InChI is InChI=1S/C13H16N4O2S2/c1-10(9-17-7-3-6-15-17)16-21(18,19)12-5-2-4-11(8-12)13(14)20/h2-8,10,16H,9H2,1H3,(H2,14,20). The highest BCUT2D eigenvalue weighted by Gasteiger charge is 2.18. The van der Waals surface area contributed by atoms with Crippen molar-refractivity contribution in [1.82, 2.24) is 14.5 Å². The maximum Gasteiger partial charge on any atom is 0.240 e. The van der Waals surface area contributed by atoms with Crippen LogP contribution in [0, 0.1) is 0 Å². The third-order valence-electron chi connectivity index (χ3n) is 2.81. The van der Waals surface area contributed by atoms with Gasteiger partial charge in [0.2, 0.25) is 10.0 Å². The van der Waals surface area contributed by atoms with Crippen molar-refractivity contribution < 1.29 is 8.42 Å². The van der Waals surface area contributed by atoms with E-state index in [-0.39, 0.29) is 15.9 Å². The maximum atomic E-state index is 12.3. The molecule has 1 unspecified atom stereocenters. The molecule has 2 rings (SSSR count). The van der Waals surface area contributed by atoms with Gasteiger partial charge in [-0.1, -0.05) is 24.4 Å². The number of hydrogen-bond acceptors (Lipinski definition) is 4. The van der Waals surface area contributed by atoms with Crippen molar-refractivity contribution in [1.29, 1.82) is 0 Å². The zero-order valence-corrected chi connectivity index (χ0v) is 13.1. The van der Waals surface area contributed by atoms with Crippen LogP contribution >= 0.6 is 12.2 Å². The van der Waals surface area contributed by atoms with Crippen molar-refractivity contribution in [2.75, 3.05) is 0 Å². The van der Waals surface area contributed by atoms with Crippen LogP contribution in [0.25, 0.3) is 0 Å². The number of benzene rings is 1. The normalized spacial score (nSPS) is 13.0. The third kappa shape index (κ3) is 4.10. The first-order chi connectivity index (χ1) is 9.88. The van der Waals surface area contributed by atoms with E-state index in [1.54, 1.807) is 42.2 Å². The van der Waals surface area contributed by atoms with E-state index >= 15 is 0 Å². The first-order valence-electron chi connectivity index (χ1n) is 6.28. The fourth-order valence-corrected chi connectivity index (χ4v) is 3.28. The molecule has 0 bridgehead atoms. The highest BCUT2D eigenvalue weighted by Crippen LogP contribution is 2.12. The van der Waals surface area contributed by atoms with Crippen LogP contribution in [0.1, 0.15) is 12.5 Å². The van der Waals surface area contributed by atoms with Crippen molar-refractivity contribution >= 4 is 27.2 Å². The van der Waals surface area contributed by atoms with E-state index in [4.69, 9.17) is 18.0 Å². The van der Waals surface area contributed by atoms with Gasteiger partial charge in [0.15, 0.2) is 0 Å². The lowest BCUT2D eigenvalue weighted by Crippen LogP contribution is -2.35. The number of aromatic nitrogens is 2. The average molecular weight is 324 g/mol. The van der Waals surface area contributed by atoms with E-state index in [9.17, 15) is 8.42 Å². The summed E-state index contributed by atoms with van der Waals surface area (Å²) in [5.74, 6) is 0. The molecule has 1 atom stereocenters. The number of thiocarbonyl (C=S) groups is 1. The van der Waals surface area contributed by atoms with Gasteiger partial charge in [-0.2, -0.15) is 5.10 Å². The molecule has 1 aromatic carbocycles. The van der Waals surface area contributed by atoms with E-state index < -0.39 is 10.0 Å². The largest absolute Gasteiger partial charge is 0.389 e. The molecule has 0 aliphatic heterocycles. The first-order valence-corrected chi connectivity index (χ1v) is 8.17. The van der Waals surface area contributed by atoms with E-state index in [2.05, 4.69) is 9.82 Å². The van der Waals surface area contributed by atoms with Gasteiger partial charge in [0.05, 0.1) is 11.4 Å². The Morgan fingerprint density at radius 2 is 2.24 bits per heavy atom. The van der Waals surface area contributed by atoms with Gasteiger partial charge in [-0.25, -0.2) is 13.1 Å². The molecule has 0 aliphatic rings. The summed E-state index contributed by atoms with van der Waals surface area (Å²) >= 11 is 4.86. The molecular weight excluding hydrogens is 308 g/mol. The highest BCUT2D eigenvalue weighted by molar-refractivity contribution is 7.89. The van der Waals surface area contributed by atoms with Crippen molar-refractivity contribution in [3.63, 3.8) is 0 Å². The smallest absolute Gasteiger partial charge is 0.240 e. The van der Waals surface area contributed by atoms with Crippen LogP contribution in [-0.4, -0.2) is 29.2 Å². The van der Waals surface area contributed by atoms with E-state index in [0.29, 0.717) is 12.1 Å². The monoisotopic (exact) mass is 324 g/mol. The van der Waals surface area contributed by atoms with Crippen LogP contribution < -0.4 is 10.5 Å². The molecule has 112 valence electrons. The number of rotatable bonds is 6. The summed E-state index contributed by atoms with van der Waals surface area (Å²) in [7, 11) is -3.63. The zero-order chi connectivity index (χ0) is 15.5. The van der Waals surface area contributed by atoms with Gasteiger partial charge < -0.3 is 5.73 Å². The predicted octanol–water partition coefficient (Wildman–Crippen LogP) is 0.884. The Morgan fingerprint density at radius 1 is 1.48 bits per heavy atom. The van der Waals surface area contributed by atoms with Crippen molar-refractivity contribution in [2.45, 2.75) is 24.4 Å². The Kier molecular flexibility index (Phi) is 4.71. The minimum atomic E-state index is -3.63. The Bertz CT molecular complexity index is 726. The second kappa shape index (κ2) is 6.33. The van der Waals surface area contributed by atoms with E-state index in [0.717, 1.165) is 0 Å². The summed E-state index contributed by atoms with van der Waals surface area (Å²) in [6, 6.07) is 7.74. The summed E-state index contributed by atoms with van der Waals surface area (Å²) in [5, 5.41) is 4.04. The van der Waals surface area contributed by atoms with Gasteiger partial charge in [0.1, 0.15) is 4.99 Å². The summed E-state index contributed by atoms with van der Waals surface area (Å²) in [4.78, 5) is 0.303. The molecule has 0 amide bonds. The van der Waals surface area contributed by atoms with Crippen LogP contribution in [0.15, 0.2) is 47.6 Å². The first kappa shape index (κ1) is 15.6. The number of nitrogens with one attached hydrogen (secondary N) is 1. The SMILES string of the molecule is CC(Cn1cccn1)NS(=O)(=O)c1cccc(C(N)=S)c1. The fraction of sp³-hybridized carbons (Fsp3) is 0.231. The Morgan fingerprint density at radius 3 is 2.86 bits per heavy atom. The molecule has 0 fully saturated rings. The van der Waals surface area contributed by atoms with Crippen LogP contribution in [0.4, 0.5) is 0 Å². The Hall–Kier alpha value is -1.77. The second-order valence-electron chi connectivity index (χ2n) is 4.64. The zero-order valence-electron chi connectivity index (χ0n) is 11.4. The number of hydrogen-bond donors (Lipinski definition) is 2. The lowest BCUT2D eigenvalue weighted by atomic mass is 10.2. The Labute approximate surface area is 129 Å². The fourth-order valence-electron chi connectivity index (χ4n) is 1.88. The van der Waals surface area contributed by atoms with Crippen molar-refractivity contribution in [3.8, 4) is 0 Å². The summed E-state index contributed by atoms with van der Waals surface area (Å²) in [5.41, 5.74) is 6.04. The second-order valence-corrected chi connectivity index (χ2v) is 6.80. The predicted molar refractivity (Wildman–Crippen MR) is 84.3 cm³/mol. The molecule has 0 saturated heterocycles. The van der Waals surface area contributed by atoms with Crippen molar-refractivity contribution in [3.05, 3.63) is 48.3 Å². The summed E-state index contributed by atoms with van der Waals surface area (Å²) in [6.07, 6.45) is 3.42. The molecule has 0 aliphatic carbocycles. The molecular formula is C13H16N4O2S2. The minimum Gasteiger partial charge on any atom is -0.389 e. The van der Waals surface area contributed by atoms with Gasteiger partial charge in [-0.15, -0.1) is 0 Å². The van der Waals surface area contributed by atoms with Gasteiger partial charge >= 0.3 is 0 Å². The number of nitrogens with two attached hydrogens (primary N) is 1. The van der Waals surface area contributed by atoms with Crippen LogP contribution in [0.5, 0.6) is 0 Å². The molecule has 0 spiro atoms. The number of sulfonamides is 1. The molecule has 0 saturated carbocycles. The summed E-state index contributed by atoms with van der Waals surface area (Å²) < 4.78 is 28.9. The molecule has 8 heteroatoms. The van der Waals surface area contributed by atoms with Gasteiger partial charge in [-0.3, -0.25) is 4.68 Å². The molecule has 0 radical (unpaired) electrons. The lowest BCUT2D eigenvalue weighted by Gasteiger charge is -2.14. The van der Waals surface area contributed by atoms with Crippen molar-refractivity contribution in [2.24, 2.45) is 5.73 Å². The van der Waals surface area contributed by atoms with Crippen LogP contribution in [-0.2, 0) is 16.6 Å². The number of nitrogens with zero attached hydrogens (tertiary/aromatic N) is 2. The van der Waals surface area contributed by atoms with Crippen LogP contribution in [0.3, 0.4) is 0 Å². The Balaban J connectivity index is 2.14. The van der Waals surface area contributed by atoms with Crippen LogP contribution in [0.2, 0.25) is 0 Å². The molecule has 21 heavy (non-hydrogen) atoms. The van der Waals surface area contributed by atoms with E-state index in [1.807, 2.05) is 0 Å². The molecule has 3 N–H and O–H groups in total. The lowest BCUT2D eigenvalue weighted by molar-refractivity contribution is 0.494. The van der Waals surface area contributed by atoms with Gasteiger partial charge in [0, 0.05) is 24.0 Å². The van der Waals surface area contributed by atoms with Gasteiger partial charge in [0.25, 0.3) is 0 Å².